The molecule has 4 nitrogen and oxygen atoms in total. The average Bonchev–Trinajstić information content (AvgIpc) is 2.59. The molecule has 18 heavy (non-hydrogen) atoms. The minimum Gasteiger partial charge on any atom is -0.272 e. The van der Waals surface area contributed by atoms with E-state index in [1.807, 2.05) is 11.7 Å². The van der Waals surface area contributed by atoms with Gasteiger partial charge in [0.25, 0.3) is 0 Å². The standard InChI is InChI=1S/C14H26N4/c1-6-10(2)9-13(16-15)7-8-14-11(3)17-18(5)12(14)4/h13,16H,2,6-9,15H2,1,3-5H3. The van der Waals surface area contributed by atoms with Gasteiger partial charge in [-0.1, -0.05) is 19.1 Å². The van der Waals surface area contributed by atoms with Crippen molar-refractivity contribution < 1.29 is 0 Å². The Morgan fingerprint density at radius 3 is 2.61 bits per heavy atom. The van der Waals surface area contributed by atoms with Crippen LogP contribution in [0.15, 0.2) is 12.2 Å². The van der Waals surface area contributed by atoms with Gasteiger partial charge in [0, 0.05) is 18.8 Å². The Morgan fingerprint density at radius 2 is 2.17 bits per heavy atom. The van der Waals surface area contributed by atoms with Crippen molar-refractivity contribution in [1.29, 1.82) is 0 Å². The molecule has 0 spiro atoms. The van der Waals surface area contributed by atoms with Crippen molar-refractivity contribution >= 4 is 0 Å². The molecule has 0 radical (unpaired) electrons. The summed E-state index contributed by atoms with van der Waals surface area (Å²) in [6, 6.07) is 0.302. The Kier molecular flexibility index (Phi) is 5.56. The lowest BCUT2D eigenvalue weighted by atomic mass is 9.98. The van der Waals surface area contributed by atoms with E-state index in [9.17, 15) is 0 Å². The van der Waals surface area contributed by atoms with E-state index in [1.165, 1.54) is 16.8 Å². The molecule has 4 heteroatoms. The van der Waals surface area contributed by atoms with E-state index < -0.39 is 0 Å². The molecule has 0 aliphatic heterocycles. The topological polar surface area (TPSA) is 55.9 Å². The summed E-state index contributed by atoms with van der Waals surface area (Å²) in [5, 5.41) is 4.44. The van der Waals surface area contributed by atoms with Gasteiger partial charge in [-0.3, -0.25) is 16.0 Å². The fourth-order valence-electron chi connectivity index (χ4n) is 2.23. The number of nitrogens with two attached hydrogens (primary N) is 1. The zero-order chi connectivity index (χ0) is 13.7. The van der Waals surface area contributed by atoms with Crippen LogP contribution in [0.2, 0.25) is 0 Å². The van der Waals surface area contributed by atoms with Gasteiger partial charge in [-0.05, 0) is 45.1 Å². The first-order chi connectivity index (χ1) is 8.49. The maximum absolute atomic E-state index is 5.61. The molecule has 0 bridgehead atoms. The molecular formula is C14H26N4. The number of hydrazine groups is 1. The smallest absolute Gasteiger partial charge is 0.0628 e. The van der Waals surface area contributed by atoms with Crippen molar-refractivity contribution in [1.82, 2.24) is 15.2 Å². The second-order valence-corrected chi connectivity index (χ2v) is 4.98. The van der Waals surface area contributed by atoms with Gasteiger partial charge in [-0.25, -0.2) is 0 Å². The number of aryl methyl sites for hydroxylation is 2. The van der Waals surface area contributed by atoms with E-state index in [2.05, 4.69) is 37.9 Å². The maximum atomic E-state index is 5.61. The summed E-state index contributed by atoms with van der Waals surface area (Å²) in [6.07, 6.45) is 3.99. The fourth-order valence-corrected chi connectivity index (χ4v) is 2.23. The Balaban J connectivity index is 2.59. The van der Waals surface area contributed by atoms with Gasteiger partial charge in [-0.2, -0.15) is 5.10 Å². The largest absolute Gasteiger partial charge is 0.272 e. The number of hydrogen-bond donors (Lipinski definition) is 2. The molecule has 0 saturated carbocycles. The van der Waals surface area contributed by atoms with Gasteiger partial charge >= 0.3 is 0 Å². The van der Waals surface area contributed by atoms with E-state index in [4.69, 9.17) is 5.84 Å². The van der Waals surface area contributed by atoms with Gasteiger partial charge in [0.15, 0.2) is 0 Å². The molecular weight excluding hydrogens is 224 g/mol. The molecule has 0 amide bonds. The monoisotopic (exact) mass is 250 g/mol. The molecule has 1 aromatic heterocycles. The highest BCUT2D eigenvalue weighted by molar-refractivity contribution is 5.24. The van der Waals surface area contributed by atoms with E-state index in [0.717, 1.165) is 31.4 Å². The van der Waals surface area contributed by atoms with Crippen LogP contribution in [0.25, 0.3) is 0 Å². The number of nitrogens with one attached hydrogen (secondary N) is 1. The minimum absolute atomic E-state index is 0.302. The van der Waals surface area contributed by atoms with E-state index >= 15 is 0 Å². The van der Waals surface area contributed by atoms with Crippen molar-refractivity contribution in [3.63, 3.8) is 0 Å². The average molecular weight is 250 g/mol. The summed E-state index contributed by atoms with van der Waals surface area (Å²) < 4.78 is 1.94. The molecule has 0 fully saturated rings. The quantitative estimate of drug-likeness (QED) is 0.443. The number of hydrogen-bond acceptors (Lipinski definition) is 3. The molecule has 0 aliphatic rings. The van der Waals surface area contributed by atoms with Crippen LogP contribution in [0.1, 0.15) is 43.1 Å². The van der Waals surface area contributed by atoms with Gasteiger partial charge in [0.1, 0.15) is 0 Å². The van der Waals surface area contributed by atoms with Crippen LogP contribution in [0.4, 0.5) is 0 Å². The lowest BCUT2D eigenvalue weighted by Gasteiger charge is -2.16. The predicted octanol–water partition coefficient (Wildman–Crippen LogP) is 2.16. The molecule has 3 N–H and O–H groups in total. The van der Waals surface area contributed by atoms with Gasteiger partial charge in [0.2, 0.25) is 0 Å². The molecule has 0 aliphatic carbocycles. The van der Waals surface area contributed by atoms with Crippen LogP contribution in [-0.2, 0) is 13.5 Å². The number of rotatable bonds is 7. The zero-order valence-corrected chi connectivity index (χ0v) is 12.1. The summed E-state index contributed by atoms with van der Waals surface area (Å²) in [6.45, 7) is 10.4. The van der Waals surface area contributed by atoms with Crippen LogP contribution in [-0.4, -0.2) is 15.8 Å². The lowest BCUT2D eigenvalue weighted by molar-refractivity contribution is 0.486. The third-order valence-electron chi connectivity index (χ3n) is 3.67. The molecule has 1 atom stereocenters. The summed E-state index contributed by atoms with van der Waals surface area (Å²) in [4.78, 5) is 0. The summed E-state index contributed by atoms with van der Waals surface area (Å²) >= 11 is 0. The molecule has 0 saturated heterocycles. The van der Waals surface area contributed by atoms with Crippen LogP contribution in [0.3, 0.4) is 0 Å². The second kappa shape index (κ2) is 6.71. The third kappa shape index (κ3) is 3.68. The Bertz CT molecular complexity index is 406. The summed E-state index contributed by atoms with van der Waals surface area (Å²) in [5.74, 6) is 5.61. The first-order valence-corrected chi connectivity index (χ1v) is 6.61. The summed E-state index contributed by atoms with van der Waals surface area (Å²) in [5.41, 5.74) is 7.86. The Labute approximate surface area is 110 Å². The van der Waals surface area contributed by atoms with Crippen LogP contribution in [0, 0.1) is 13.8 Å². The maximum Gasteiger partial charge on any atom is 0.0628 e. The predicted molar refractivity (Wildman–Crippen MR) is 76.2 cm³/mol. The van der Waals surface area contributed by atoms with Crippen molar-refractivity contribution in [2.24, 2.45) is 12.9 Å². The molecule has 1 aromatic rings. The van der Waals surface area contributed by atoms with Crippen molar-refractivity contribution in [2.75, 3.05) is 0 Å². The minimum atomic E-state index is 0.302. The molecule has 0 aromatic carbocycles. The van der Waals surface area contributed by atoms with Gasteiger partial charge < -0.3 is 0 Å². The molecule has 1 rings (SSSR count). The highest BCUT2D eigenvalue weighted by Crippen LogP contribution is 2.17. The van der Waals surface area contributed by atoms with Gasteiger partial charge in [0.05, 0.1) is 5.69 Å². The van der Waals surface area contributed by atoms with Crippen molar-refractivity contribution in [2.45, 2.75) is 52.5 Å². The first kappa shape index (κ1) is 14.9. The number of nitrogens with zero attached hydrogens (tertiary/aromatic N) is 2. The Hall–Kier alpha value is -1.13. The Morgan fingerprint density at radius 1 is 1.50 bits per heavy atom. The van der Waals surface area contributed by atoms with E-state index in [-0.39, 0.29) is 0 Å². The van der Waals surface area contributed by atoms with Crippen LogP contribution < -0.4 is 11.3 Å². The second-order valence-electron chi connectivity index (χ2n) is 4.98. The SMILES string of the molecule is C=C(CC)CC(CCc1c(C)nn(C)c1C)NN. The fraction of sp³-hybridized carbons (Fsp3) is 0.643. The normalized spacial score (nSPS) is 12.7. The van der Waals surface area contributed by atoms with Crippen LogP contribution >= 0.6 is 0 Å². The molecule has 102 valence electrons. The van der Waals surface area contributed by atoms with E-state index in [1.54, 1.807) is 0 Å². The molecule has 1 unspecified atom stereocenters. The summed E-state index contributed by atoms with van der Waals surface area (Å²) in [7, 11) is 1.99. The van der Waals surface area contributed by atoms with Crippen molar-refractivity contribution in [3.05, 3.63) is 29.1 Å². The highest BCUT2D eigenvalue weighted by Gasteiger charge is 2.13. The zero-order valence-electron chi connectivity index (χ0n) is 12.1. The first-order valence-electron chi connectivity index (χ1n) is 6.61. The van der Waals surface area contributed by atoms with Crippen molar-refractivity contribution in [3.8, 4) is 0 Å². The highest BCUT2D eigenvalue weighted by atomic mass is 15.3. The van der Waals surface area contributed by atoms with Gasteiger partial charge in [-0.15, -0.1) is 0 Å². The van der Waals surface area contributed by atoms with E-state index in [0.29, 0.717) is 6.04 Å². The van der Waals surface area contributed by atoms with Crippen LogP contribution in [0.5, 0.6) is 0 Å². The lowest BCUT2D eigenvalue weighted by Crippen LogP contribution is -2.35. The number of aromatic nitrogens is 2. The third-order valence-corrected chi connectivity index (χ3v) is 3.67. The molecule has 1 heterocycles.